The Balaban J connectivity index is 1.68. The molecule has 214 valence electrons. The molecule has 2 unspecified atom stereocenters. The van der Waals surface area contributed by atoms with Gasteiger partial charge >= 0.3 is 12.0 Å². The number of carboxylic acid groups (broad SMARTS) is 1. The molecule has 1 heterocycles. The number of para-hydroxylation sites is 1. The number of aryl methyl sites for hydroxylation is 1. The first-order valence-electron chi connectivity index (χ1n) is 13.4. The van der Waals surface area contributed by atoms with Crippen molar-refractivity contribution in [2.75, 3.05) is 17.2 Å². The molecular formula is C30H38N4O6. The normalized spacial score (nSPS) is 12.4. The van der Waals surface area contributed by atoms with Gasteiger partial charge in [0, 0.05) is 18.2 Å². The number of hydrogen-bond donors (Lipinski definition) is 4. The highest BCUT2D eigenvalue weighted by atomic mass is 16.5. The first kappa shape index (κ1) is 30.2. The zero-order chi connectivity index (χ0) is 29.2. The van der Waals surface area contributed by atoms with E-state index >= 15 is 0 Å². The van der Waals surface area contributed by atoms with Crippen molar-refractivity contribution in [2.24, 2.45) is 11.8 Å². The Morgan fingerprint density at radius 1 is 1.02 bits per heavy atom. The van der Waals surface area contributed by atoms with Crippen LogP contribution in [0, 0.1) is 18.8 Å². The summed E-state index contributed by atoms with van der Waals surface area (Å²) >= 11 is 0. The summed E-state index contributed by atoms with van der Waals surface area (Å²) in [5, 5.41) is 22.0. The predicted octanol–water partition coefficient (Wildman–Crippen LogP) is 5.74. The molecule has 2 aromatic carbocycles. The summed E-state index contributed by atoms with van der Waals surface area (Å²) in [4.78, 5) is 36.8. The lowest BCUT2D eigenvalue weighted by Gasteiger charge is -2.19. The molecule has 0 aliphatic rings. The zero-order valence-corrected chi connectivity index (χ0v) is 23.6. The lowest BCUT2D eigenvalue weighted by atomic mass is 9.99. The summed E-state index contributed by atoms with van der Waals surface area (Å²) in [6.07, 6.45) is 0.939. The summed E-state index contributed by atoms with van der Waals surface area (Å²) in [5.74, 6) is -0.545. The van der Waals surface area contributed by atoms with Crippen LogP contribution in [0.25, 0.3) is 0 Å². The first-order valence-corrected chi connectivity index (χ1v) is 13.4. The number of nitrogens with one attached hydrogen (secondary N) is 3. The molecule has 40 heavy (non-hydrogen) atoms. The van der Waals surface area contributed by atoms with Gasteiger partial charge in [-0.15, -0.1) is 0 Å². The number of nitrogens with zero attached hydrogens (tertiary/aromatic N) is 1. The van der Waals surface area contributed by atoms with Crippen LogP contribution in [-0.4, -0.2) is 34.8 Å². The summed E-state index contributed by atoms with van der Waals surface area (Å²) in [5.41, 5.74) is 3.41. The number of carbonyl (C=O) groups is 3. The van der Waals surface area contributed by atoms with E-state index in [1.165, 1.54) is 0 Å². The Bertz CT molecular complexity index is 1320. The molecular weight excluding hydrogens is 512 g/mol. The smallest absolute Gasteiger partial charge is 0.323 e. The van der Waals surface area contributed by atoms with Crippen LogP contribution in [0.4, 0.5) is 16.2 Å². The van der Waals surface area contributed by atoms with Crippen LogP contribution >= 0.6 is 0 Å². The Hall–Kier alpha value is -4.34. The average molecular weight is 551 g/mol. The molecule has 3 rings (SSSR count). The second-order valence-electron chi connectivity index (χ2n) is 10.2. The summed E-state index contributed by atoms with van der Waals surface area (Å²) in [6, 6.07) is 13.6. The second-order valence-corrected chi connectivity index (χ2v) is 10.2. The molecule has 3 aromatic rings. The van der Waals surface area contributed by atoms with Crippen LogP contribution in [0.5, 0.6) is 5.75 Å². The van der Waals surface area contributed by atoms with Gasteiger partial charge in [0.15, 0.2) is 0 Å². The maximum Gasteiger partial charge on any atom is 0.323 e. The van der Waals surface area contributed by atoms with Gasteiger partial charge in [-0.3, -0.25) is 9.59 Å². The maximum absolute atomic E-state index is 13.1. The molecule has 0 spiro atoms. The van der Waals surface area contributed by atoms with Gasteiger partial charge in [0.05, 0.1) is 30.7 Å². The van der Waals surface area contributed by atoms with E-state index in [1.807, 2.05) is 52.0 Å². The highest BCUT2D eigenvalue weighted by Crippen LogP contribution is 2.28. The molecule has 0 aliphatic heterocycles. The van der Waals surface area contributed by atoms with Crippen molar-refractivity contribution in [3.05, 3.63) is 71.1 Å². The molecule has 1 aromatic heterocycles. The monoisotopic (exact) mass is 550 g/mol. The number of carboxylic acids is 1. The van der Waals surface area contributed by atoms with E-state index in [4.69, 9.17) is 14.4 Å². The molecule has 0 saturated heterocycles. The Morgan fingerprint density at radius 2 is 1.75 bits per heavy atom. The van der Waals surface area contributed by atoms with E-state index in [-0.39, 0.29) is 30.7 Å². The Labute approximate surface area is 234 Å². The van der Waals surface area contributed by atoms with Crippen LogP contribution in [0.2, 0.25) is 0 Å². The Morgan fingerprint density at radius 3 is 2.42 bits per heavy atom. The number of ether oxygens (including phenoxy) is 1. The third-order valence-corrected chi connectivity index (χ3v) is 6.26. The van der Waals surface area contributed by atoms with E-state index in [0.717, 1.165) is 5.56 Å². The first-order chi connectivity index (χ1) is 19.0. The SMILES string of the molecule is CCOc1cc(CC(=O)NC(CC(C)C)c2cc(CC(C)C(=O)O)on2)ccc1NC(=O)Nc1ccccc1C. The van der Waals surface area contributed by atoms with E-state index in [2.05, 4.69) is 21.1 Å². The van der Waals surface area contributed by atoms with Crippen molar-refractivity contribution >= 4 is 29.3 Å². The van der Waals surface area contributed by atoms with E-state index < -0.39 is 17.9 Å². The standard InChI is InChI=1S/C30H38N4O6/c1-6-39-27-15-21(11-12-24(27)33-30(38)32-23-10-8-7-9-19(23)4)16-28(35)31-25(13-18(2)3)26-17-22(40-34-26)14-20(5)29(36)37/h7-12,15,17-18,20,25H,6,13-14,16H2,1-5H3,(H,31,35)(H,36,37)(H2,32,33,38). The minimum Gasteiger partial charge on any atom is -0.492 e. The van der Waals surface area contributed by atoms with Gasteiger partial charge < -0.3 is 30.3 Å². The number of benzene rings is 2. The molecule has 0 aliphatic carbocycles. The number of amides is 3. The highest BCUT2D eigenvalue weighted by Gasteiger charge is 2.22. The highest BCUT2D eigenvalue weighted by molar-refractivity contribution is 6.01. The van der Waals surface area contributed by atoms with Crippen LogP contribution in [-0.2, 0) is 22.4 Å². The van der Waals surface area contributed by atoms with Gasteiger partial charge in [-0.05, 0) is 55.5 Å². The molecule has 4 N–H and O–H groups in total. The topological polar surface area (TPSA) is 143 Å². The molecule has 10 heteroatoms. The lowest BCUT2D eigenvalue weighted by Crippen LogP contribution is -2.31. The second kappa shape index (κ2) is 14.2. The largest absolute Gasteiger partial charge is 0.492 e. The third kappa shape index (κ3) is 8.86. The van der Waals surface area contributed by atoms with Gasteiger partial charge in [0.2, 0.25) is 5.91 Å². The minimum atomic E-state index is -0.912. The van der Waals surface area contributed by atoms with Gasteiger partial charge in [0.25, 0.3) is 0 Å². The molecule has 0 radical (unpaired) electrons. The summed E-state index contributed by atoms with van der Waals surface area (Å²) < 4.78 is 11.1. The van der Waals surface area contributed by atoms with Crippen LogP contribution < -0.4 is 20.7 Å². The quantitative estimate of drug-likeness (QED) is 0.213. The van der Waals surface area contributed by atoms with Gasteiger partial charge in [-0.2, -0.15) is 0 Å². The van der Waals surface area contributed by atoms with Crippen molar-refractivity contribution < 1.29 is 28.8 Å². The number of urea groups is 1. The zero-order valence-electron chi connectivity index (χ0n) is 23.6. The lowest BCUT2D eigenvalue weighted by molar-refractivity contribution is -0.141. The van der Waals surface area contributed by atoms with E-state index in [1.54, 1.807) is 31.2 Å². The van der Waals surface area contributed by atoms with Gasteiger partial charge in [-0.1, -0.05) is 50.2 Å². The van der Waals surface area contributed by atoms with Gasteiger partial charge in [0.1, 0.15) is 17.2 Å². The fraction of sp³-hybridized carbons (Fsp3) is 0.400. The molecule has 0 saturated carbocycles. The maximum atomic E-state index is 13.1. The summed E-state index contributed by atoms with van der Waals surface area (Å²) in [6.45, 7) is 9.83. The number of rotatable bonds is 13. The fourth-order valence-corrected chi connectivity index (χ4v) is 4.18. The van der Waals surface area contributed by atoms with Crippen molar-refractivity contribution in [3.63, 3.8) is 0 Å². The number of hydrogen-bond acceptors (Lipinski definition) is 6. The van der Waals surface area contributed by atoms with E-state index in [9.17, 15) is 14.4 Å². The molecule has 0 bridgehead atoms. The van der Waals surface area contributed by atoms with Crippen LogP contribution in [0.1, 0.15) is 62.7 Å². The Kier molecular flexibility index (Phi) is 10.7. The van der Waals surface area contributed by atoms with Crippen LogP contribution in [0.15, 0.2) is 53.1 Å². The van der Waals surface area contributed by atoms with Crippen LogP contribution in [0.3, 0.4) is 0 Å². The van der Waals surface area contributed by atoms with E-state index in [0.29, 0.717) is 47.2 Å². The average Bonchev–Trinajstić information content (AvgIpc) is 3.35. The van der Waals surface area contributed by atoms with Crippen molar-refractivity contribution in [2.45, 2.75) is 59.9 Å². The number of carbonyl (C=O) groups excluding carboxylic acids is 2. The minimum absolute atomic E-state index is 0.0884. The summed E-state index contributed by atoms with van der Waals surface area (Å²) in [7, 11) is 0. The molecule has 2 atom stereocenters. The number of aliphatic carboxylic acids is 1. The number of anilines is 2. The van der Waals surface area contributed by atoms with Crippen molar-refractivity contribution in [3.8, 4) is 5.75 Å². The van der Waals surface area contributed by atoms with Crippen molar-refractivity contribution in [1.82, 2.24) is 10.5 Å². The molecule has 0 fully saturated rings. The van der Waals surface area contributed by atoms with Crippen molar-refractivity contribution in [1.29, 1.82) is 0 Å². The number of aromatic nitrogens is 1. The molecule has 3 amide bonds. The van der Waals surface area contributed by atoms with Gasteiger partial charge in [-0.25, -0.2) is 4.79 Å². The fourth-order valence-electron chi connectivity index (χ4n) is 4.18. The molecule has 10 nitrogen and oxygen atoms in total. The predicted molar refractivity (Wildman–Crippen MR) is 152 cm³/mol. The third-order valence-electron chi connectivity index (χ3n) is 6.26.